The first-order valence-electron chi connectivity index (χ1n) is 23.5. The molecule has 0 bridgehead atoms. The fraction of sp³-hybridized carbons (Fsp3) is 0. The highest BCUT2D eigenvalue weighted by molar-refractivity contribution is 7.21. The molecular weight excluding hydrogens is 873 g/mol. The summed E-state index contributed by atoms with van der Waals surface area (Å²) >= 11 is 0. The van der Waals surface area contributed by atoms with E-state index >= 15 is 0 Å². The minimum atomic E-state index is -3.11. The second-order valence-electron chi connectivity index (χ2n) is 18.1. The summed E-state index contributed by atoms with van der Waals surface area (Å²) in [7, 11) is -6.04. The van der Waals surface area contributed by atoms with Crippen molar-refractivity contribution < 1.29 is 4.74 Å². The van der Waals surface area contributed by atoms with E-state index in [1.54, 1.807) is 0 Å². The van der Waals surface area contributed by atoms with Gasteiger partial charge < -0.3 is 4.74 Å². The average Bonchev–Trinajstić information content (AvgIpc) is 4.05. The Labute approximate surface area is 400 Å². The van der Waals surface area contributed by atoms with Crippen LogP contribution in [0.2, 0.25) is 0 Å². The number of hydrogen-bond acceptors (Lipinski definition) is 3. The molecule has 0 radical (unpaired) electrons. The molecular formula is C62H42N4OSi2. The Morgan fingerprint density at radius 1 is 0.377 bits per heavy atom. The van der Waals surface area contributed by atoms with Crippen LogP contribution in [-0.4, -0.2) is 35.1 Å². The van der Waals surface area contributed by atoms with Crippen molar-refractivity contribution >= 4 is 107 Å². The van der Waals surface area contributed by atoms with E-state index in [2.05, 4.69) is 246 Å². The predicted octanol–water partition coefficient (Wildman–Crippen LogP) is 8.99. The van der Waals surface area contributed by atoms with Crippen LogP contribution >= 0.6 is 0 Å². The summed E-state index contributed by atoms with van der Waals surface area (Å²) in [5, 5.41) is 16.2. The summed E-state index contributed by atoms with van der Waals surface area (Å²) in [5.41, 5.74) is 4.25. The number of rotatable bonds is 7. The quantitative estimate of drug-likeness (QED) is 0.0912. The van der Waals surface area contributed by atoms with E-state index in [1.165, 1.54) is 57.7 Å². The number of hydrogen-bond donors (Lipinski definition) is 0. The van der Waals surface area contributed by atoms with E-state index in [0.29, 0.717) is 0 Å². The van der Waals surface area contributed by atoms with E-state index in [1.807, 2.05) is 18.5 Å². The first-order chi connectivity index (χ1) is 34.2. The smallest absolute Gasteiger partial charge is 0.188 e. The largest absolute Gasteiger partial charge is 0.457 e. The van der Waals surface area contributed by atoms with Gasteiger partial charge >= 0.3 is 0 Å². The highest BCUT2D eigenvalue weighted by atomic mass is 28.3. The summed E-state index contributed by atoms with van der Waals surface area (Å²) in [4.78, 5) is 10.1. The van der Waals surface area contributed by atoms with Gasteiger partial charge in [0.05, 0.1) is 16.6 Å². The van der Waals surface area contributed by atoms with Crippen molar-refractivity contribution in [2.45, 2.75) is 0 Å². The number of para-hydroxylation sites is 2. The lowest BCUT2D eigenvalue weighted by atomic mass is 10.1. The molecule has 0 unspecified atom stereocenters. The number of benzene rings is 9. The van der Waals surface area contributed by atoms with Gasteiger partial charge in [0.1, 0.15) is 23.0 Å². The van der Waals surface area contributed by atoms with Gasteiger partial charge in [0, 0.05) is 46.2 Å². The number of pyridine rings is 2. The van der Waals surface area contributed by atoms with Gasteiger partial charge in [0.2, 0.25) is 0 Å². The summed E-state index contributed by atoms with van der Waals surface area (Å²) < 4.78 is 11.7. The lowest BCUT2D eigenvalue weighted by Gasteiger charge is -2.39. The van der Waals surface area contributed by atoms with Gasteiger partial charge in [-0.25, -0.2) is 9.97 Å². The van der Waals surface area contributed by atoms with Crippen LogP contribution in [0.4, 0.5) is 0 Å². The molecule has 13 aromatic rings. The summed E-state index contributed by atoms with van der Waals surface area (Å²) in [6, 6.07) is 87.5. The number of imidazole rings is 1. The molecule has 5 heterocycles. The van der Waals surface area contributed by atoms with Crippen LogP contribution in [-0.2, 0) is 0 Å². The molecule has 0 saturated heterocycles. The first-order valence-corrected chi connectivity index (χ1v) is 27.5. The maximum absolute atomic E-state index is 7.11. The van der Waals surface area contributed by atoms with Crippen LogP contribution in [0, 0.1) is 0 Å². The molecule has 0 aliphatic carbocycles. The molecule has 4 aromatic heterocycles. The second kappa shape index (κ2) is 15.5. The third-order valence-electron chi connectivity index (χ3n) is 14.7. The first kappa shape index (κ1) is 39.5. The van der Waals surface area contributed by atoms with Crippen LogP contribution in [0.15, 0.2) is 255 Å². The van der Waals surface area contributed by atoms with E-state index in [-0.39, 0.29) is 0 Å². The standard InChI is InChI=1S/C62H42N4OSi2/c1-5-19-43(20-6-1)68(44-21-7-2-8-22-44,47-32-34-49-50-27-13-14-28-54(50)65-38-37-64-62(65)53(49)39-47)48-33-35-51-52-41-60-58(42-56(52)66(55(51)40-48)61-31-17-18-36-63-61)67-57-29-15-16-30-59(57)69(60,45-23-9-3-10-24-45)46-25-11-4-12-26-46/h1-42H. The summed E-state index contributed by atoms with van der Waals surface area (Å²) in [6.07, 6.45) is 5.90. The number of fused-ring (bicyclic) bond motifs is 11. The Bertz CT molecular complexity index is 4020. The number of aromatic nitrogens is 4. The molecule has 324 valence electrons. The van der Waals surface area contributed by atoms with Crippen LogP contribution in [0.25, 0.3) is 54.9 Å². The van der Waals surface area contributed by atoms with Crippen molar-refractivity contribution in [3.05, 3.63) is 255 Å². The molecule has 0 amide bonds. The Hall–Kier alpha value is -8.63. The maximum Gasteiger partial charge on any atom is 0.188 e. The average molecular weight is 915 g/mol. The second-order valence-corrected chi connectivity index (χ2v) is 25.6. The number of nitrogens with zero attached hydrogens (tertiary/aromatic N) is 4. The normalized spacial score (nSPS) is 13.2. The van der Waals surface area contributed by atoms with Crippen molar-refractivity contribution in [3.8, 4) is 17.3 Å². The van der Waals surface area contributed by atoms with E-state index < -0.39 is 16.1 Å². The fourth-order valence-electron chi connectivity index (χ4n) is 11.9. The molecule has 0 fully saturated rings. The highest BCUT2D eigenvalue weighted by Gasteiger charge is 2.48. The van der Waals surface area contributed by atoms with Gasteiger partial charge in [0.15, 0.2) is 16.1 Å². The molecule has 14 rings (SSSR count). The van der Waals surface area contributed by atoms with Crippen LogP contribution < -0.4 is 46.2 Å². The Balaban J connectivity index is 1.10. The van der Waals surface area contributed by atoms with Gasteiger partial charge in [-0.05, 0) is 83.3 Å². The third kappa shape index (κ3) is 5.69. The topological polar surface area (TPSA) is 44.4 Å². The minimum absolute atomic E-state index is 0.853. The third-order valence-corrected chi connectivity index (χ3v) is 24.3. The molecule has 7 heteroatoms. The molecule has 1 aliphatic heterocycles. The van der Waals surface area contributed by atoms with Gasteiger partial charge in [-0.3, -0.25) is 8.97 Å². The van der Waals surface area contributed by atoms with Crippen molar-refractivity contribution in [3.63, 3.8) is 0 Å². The highest BCUT2D eigenvalue weighted by Crippen LogP contribution is 2.38. The maximum atomic E-state index is 7.11. The lowest BCUT2D eigenvalue weighted by Crippen LogP contribution is -2.76. The van der Waals surface area contributed by atoms with Crippen LogP contribution in [0.1, 0.15) is 0 Å². The van der Waals surface area contributed by atoms with Gasteiger partial charge in [-0.15, -0.1) is 0 Å². The predicted molar refractivity (Wildman–Crippen MR) is 290 cm³/mol. The molecule has 0 N–H and O–H groups in total. The van der Waals surface area contributed by atoms with Gasteiger partial charge in [-0.2, -0.15) is 0 Å². The molecule has 1 aliphatic rings. The molecule has 0 atom stereocenters. The molecule has 0 spiro atoms. The van der Waals surface area contributed by atoms with Crippen LogP contribution in [0.5, 0.6) is 11.5 Å². The Kier molecular flexibility index (Phi) is 8.86. The molecule has 5 nitrogen and oxygen atoms in total. The van der Waals surface area contributed by atoms with Gasteiger partial charge in [-0.1, -0.05) is 194 Å². The van der Waals surface area contributed by atoms with E-state index in [0.717, 1.165) is 50.3 Å². The zero-order valence-corrected chi connectivity index (χ0v) is 39.4. The summed E-state index contributed by atoms with van der Waals surface area (Å²) in [5.74, 6) is 2.64. The molecule has 9 aromatic carbocycles. The van der Waals surface area contributed by atoms with Crippen molar-refractivity contribution in [1.82, 2.24) is 18.9 Å². The summed E-state index contributed by atoms with van der Waals surface area (Å²) in [6.45, 7) is 0. The zero-order valence-electron chi connectivity index (χ0n) is 37.4. The molecule has 69 heavy (non-hydrogen) atoms. The minimum Gasteiger partial charge on any atom is -0.457 e. The van der Waals surface area contributed by atoms with Crippen molar-refractivity contribution in [2.75, 3.05) is 0 Å². The van der Waals surface area contributed by atoms with Crippen molar-refractivity contribution in [2.24, 2.45) is 0 Å². The number of ether oxygens (including phenoxy) is 1. The monoisotopic (exact) mass is 914 g/mol. The fourth-order valence-corrected chi connectivity index (χ4v) is 21.6. The zero-order chi connectivity index (χ0) is 45.5. The van der Waals surface area contributed by atoms with Gasteiger partial charge in [0.25, 0.3) is 0 Å². The van der Waals surface area contributed by atoms with E-state index in [4.69, 9.17) is 14.7 Å². The SMILES string of the molecule is c1ccc([Si](c2ccccc2)(c2ccc3c4ccccc4n4ccnc4c3c2)c2ccc3c4cc5c(cc4n(-c4ccccn4)c3c2)Oc2ccccc2[Si]5(c2ccccc2)c2ccccc2)cc1. The Morgan fingerprint density at radius 2 is 0.971 bits per heavy atom. The Morgan fingerprint density at radius 3 is 1.68 bits per heavy atom. The van der Waals surface area contributed by atoms with Crippen molar-refractivity contribution in [1.29, 1.82) is 0 Å². The lowest BCUT2D eigenvalue weighted by molar-refractivity contribution is 0.487. The van der Waals surface area contributed by atoms with E-state index in [9.17, 15) is 0 Å². The van der Waals surface area contributed by atoms with Crippen LogP contribution in [0.3, 0.4) is 0 Å². The molecule has 0 saturated carbocycles.